The zero-order valence-corrected chi connectivity index (χ0v) is 11.8. The Morgan fingerprint density at radius 2 is 2.15 bits per heavy atom. The maximum atomic E-state index is 11.9. The highest BCUT2D eigenvalue weighted by Crippen LogP contribution is 2.25. The van der Waals surface area contributed by atoms with Crippen LogP contribution in [0.15, 0.2) is 24.3 Å². The van der Waals surface area contributed by atoms with E-state index in [9.17, 15) is 9.59 Å². The highest BCUT2D eigenvalue weighted by atomic mass is 16.4. The summed E-state index contributed by atoms with van der Waals surface area (Å²) >= 11 is 0. The smallest absolute Gasteiger partial charge is 0.306 e. The van der Waals surface area contributed by atoms with E-state index in [0.717, 1.165) is 18.4 Å². The van der Waals surface area contributed by atoms with Crippen molar-refractivity contribution in [2.24, 2.45) is 5.92 Å². The minimum absolute atomic E-state index is 0.0162. The average molecular weight is 275 g/mol. The second-order valence-corrected chi connectivity index (χ2v) is 5.60. The molecule has 0 spiro atoms. The number of hydrogen-bond donors (Lipinski definition) is 2. The van der Waals surface area contributed by atoms with Gasteiger partial charge in [0.2, 0.25) is 5.91 Å². The van der Waals surface area contributed by atoms with Gasteiger partial charge in [0.05, 0.1) is 5.92 Å². The van der Waals surface area contributed by atoms with Crippen LogP contribution in [0.4, 0.5) is 0 Å². The summed E-state index contributed by atoms with van der Waals surface area (Å²) in [5.74, 6) is -1.03. The molecule has 1 aromatic carbocycles. The van der Waals surface area contributed by atoms with Crippen LogP contribution in [0.3, 0.4) is 0 Å². The van der Waals surface area contributed by atoms with Gasteiger partial charge in [0, 0.05) is 12.5 Å². The van der Waals surface area contributed by atoms with Crippen LogP contribution in [0.5, 0.6) is 0 Å². The predicted molar refractivity (Wildman–Crippen MR) is 76.4 cm³/mol. The minimum Gasteiger partial charge on any atom is -0.481 e. The molecule has 2 N–H and O–H groups in total. The topological polar surface area (TPSA) is 66.4 Å². The molecular formula is C16H21NO3. The molecule has 0 heterocycles. The van der Waals surface area contributed by atoms with Crippen molar-refractivity contribution in [1.82, 2.24) is 5.32 Å². The van der Waals surface area contributed by atoms with Crippen molar-refractivity contribution in [3.63, 3.8) is 0 Å². The lowest BCUT2D eigenvalue weighted by Gasteiger charge is -2.12. The Labute approximate surface area is 119 Å². The molecule has 1 aromatic rings. The first-order chi connectivity index (χ1) is 9.54. The summed E-state index contributed by atoms with van der Waals surface area (Å²) < 4.78 is 0. The summed E-state index contributed by atoms with van der Waals surface area (Å²) in [6.45, 7) is 2.04. The third-order valence-corrected chi connectivity index (χ3v) is 3.87. The number of carboxylic acids is 1. The van der Waals surface area contributed by atoms with Crippen molar-refractivity contribution < 1.29 is 14.7 Å². The highest BCUT2D eigenvalue weighted by Gasteiger charge is 2.30. The molecule has 0 bridgehead atoms. The third-order valence-electron chi connectivity index (χ3n) is 3.87. The Kier molecular flexibility index (Phi) is 4.77. The maximum absolute atomic E-state index is 11.9. The molecule has 108 valence electrons. The molecule has 2 unspecified atom stereocenters. The second-order valence-electron chi connectivity index (χ2n) is 5.60. The molecule has 4 heteroatoms. The molecule has 0 saturated heterocycles. The molecule has 20 heavy (non-hydrogen) atoms. The summed E-state index contributed by atoms with van der Waals surface area (Å²) in [7, 11) is 0. The minimum atomic E-state index is -0.749. The van der Waals surface area contributed by atoms with Gasteiger partial charge in [-0.2, -0.15) is 0 Å². The van der Waals surface area contributed by atoms with Crippen LogP contribution < -0.4 is 5.32 Å². The first-order valence-electron chi connectivity index (χ1n) is 7.12. The van der Waals surface area contributed by atoms with Gasteiger partial charge in [-0.05, 0) is 38.2 Å². The Morgan fingerprint density at radius 3 is 2.80 bits per heavy atom. The Hall–Kier alpha value is -1.84. The number of carbonyl (C=O) groups is 2. The number of carbonyl (C=O) groups excluding carboxylic acids is 1. The Morgan fingerprint density at radius 1 is 1.35 bits per heavy atom. The van der Waals surface area contributed by atoms with Crippen LogP contribution in [0, 0.1) is 12.8 Å². The maximum Gasteiger partial charge on any atom is 0.306 e. The number of amides is 1. The largest absolute Gasteiger partial charge is 0.481 e. The van der Waals surface area contributed by atoms with E-state index in [1.165, 1.54) is 5.56 Å². The molecule has 1 fully saturated rings. The first kappa shape index (κ1) is 14.6. The fraction of sp³-hybridized carbons (Fsp3) is 0.500. The zero-order valence-electron chi connectivity index (χ0n) is 11.8. The Balaban J connectivity index is 1.75. The van der Waals surface area contributed by atoms with E-state index in [0.29, 0.717) is 19.3 Å². The summed E-state index contributed by atoms with van der Waals surface area (Å²) in [5, 5.41) is 11.9. The van der Waals surface area contributed by atoms with Gasteiger partial charge in [0.1, 0.15) is 0 Å². The van der Waals surface area contributed by atoms with Crippen LogP contribution in [0.25, 0.3) is 0 Å². The highest BCUT2D eigenvalue weighted by molar-refractivity contribution is 5.77. The van der Waals surface area contributed by atoms with Crippen molar-refractivity contribution in [2.45, 2.75) is 45.1 Å². The zero-order chi connectivity index (χ0) is 14.5. The van der Waals surface area contributed by atoms with Gasteiger partial charge in [-0.25, -0.2) is 0 Å². The van der Waals surface area contributed by atoms with Crippen LogP contribution in [0.1, 0.15) is 36.8 Å². The summed E-state index contributed by atoms with van der Waals surface area (Å²) in [6, 6.07) is 8.17. The van der Waals surface area contributed by atoms with Crippen LogP contribution in [0.2, 0.25) is 0 Å². The van der Waals surface area contributed by atoms with Crippen LogP contribution >= 0.6 is 0 Å². The summed E-state index contributed by atoms with van der Waals surface area (Å²) in [5.41, 5.74) is 2.36. The van der Waals surface area contributed by atoms with Crippen molar-refractivity contribution in [2.75, 3.05) is 0 Å². The van der Waals surface area contributed by atoms with Gasteiger partial charge in [-0.3, -0.25) is 9.59 Å². The van der Waals surface area contributed by atoms with Gasteiger partial charge in [-0.15, -0.1) is 0 Å². The number of aryl methyl sites for hydroxylation is 2. The number of carboxylic acid groups (broad SMARTS) is 1. The van der Waals surface area contributed by atoms with Crippen molar-refractivity contribution in [3.8, 4) is 0 Å². The van der Waals surface area contributed by atoms with Crippen LogP contribution in [-0.4, -0.2) is 23.0 Å². The molecule has 0 aliphatic heterocycles. The SMILES string of the molecule is Cc1cccc(CCC(=O)NC2CCC(C(=O)O)C2)c1. The lowest BCUT2D eigenvalue weighted by atomic mass is 10.1. The monoisotopic (exact) mass is 275 g/mol. The molecular weight excluding hydrogens is 254 g/mol. The standard InChI is InChI=1S/C16H21NO3/c1-11-3-2-4-12(9-11)5-8-15(18)17-14-7-6-13(10-14)16(19)20/h2-4,9,13-14H,5-8,10H2,1H3,(H,17,18)(H,19,20). The Bertz CT molecular complexity index is 498. The fourth-order valence-electron chi connectivity index (χ4n) is 2.76. The van der Waals surface area contributed by atoms with Crippen molar-refractivity contribution >= 4 is 11.9 Å². The normalized spacial score (nSPS) is 21.6. The molecule has 1 aliphatic rings. The van der Waals surface area contributed by atoms with E-state index in [1.54, 1.807) is 0 Å². The lowest BCUT2D eigenvalue weighted by Crippen LogP contribution is -2.33. The quantitative estimate of drug-likeness (QED) is 0.866. The fourth-order valence-corrected chi connectivity index (χ4v) is 2.76. The molecule has 2 atom stereocenters. The summed E-state index contributed by atoms with van der Waals surface area (Å²) in [6.07, 6.45) is 3.18. The van der Waals surface area contributed by atoms with E-state index >= 15 is 0 Å². The van der Waals surface area contributed by atoms with E-state index in [1.807, 2.05) is 25.1 Å². The van der Waals surface area contributed by atoms with Crippen LogP contribution in [-0.2, 0) is 16.0 Å². The van der Waals surface area contributed by atoms with Gasteiger partial charge >= 0.3 is 5.97 Å². The molecule has 0 aromatic heterocycles. The van der Waals surface area contributed by atoms with Gasteiger partial charge < -0.3 is 10.4 Å². The lowest BCUT2D eigenvalue weighted by molar-refractivity contribution is -0.141. The van der Waals surface area contributed by atoms with Crippen molar-refractivity contribution in [1.29, 1.82) is 0 Å². The van der Waals surface area contributed by atoms with Gasteiger partial charge in [0.15, 0.2) is 0 Å². The molecule has 1 aliphatic carbocycles. The van der Waals surface area contributed by atoms with E-state index in [4.69, 9.17) is 5.11 Å². The van der Waals surface area contributed by atoms with Crippen molar-refractivity contribution in [3.05, 3.63) is 35.4 Å². The predicted octanol–water partition coefficient (Wildman–Crippen LogP) is 2.30. The van der Waals surface area contributed by atoms with Gasteiger partial charge in [-0.1, -0.05) is 29.8 Å². The first-order valence-corrected chi connectivity index (χ1v) is 7.12. The van der Waals surface area contributed by atoms with E-state index in [2.05, 4.69) is 11.4 Å². The molecule has 1 saturated carbocycles. The molecule has 2 rings (SSSR count). The number of rotatable bonds is 5. The van der Waals surface area contributed by atoms with E-state index < -0.39 is 5.97 Å². The third kappa shape index (κ3) is 4.08. The van der Waals surface area contributed by atoms with E-state index in [-0.39, 0.29) is 17.9 Å². The number of hydrogen-bond acceptors (Lipinski definition) is 2. The summed E-state index contributed by atoms with van der Waals surface area (Å²) in [4.78, 5) is 22.7. The molecule has 1 amide bonds. The average Bonchev–Trinajstić information content (AvgIpc) is 2.85. The molecule has 4 nitrogen and oxygen atoms in total. The number of nitrogens with one attached hydrogen (secondary N) is 1. The van der Waals surface area contributed by atoms with Gasteiger partial charge in [0.25, 0.3) is 0 Å². The molecule has 0 radical (unpaired) electrons. The second kappa shape index (κ2) is 6.55. The number of benzene rings is 1. The number of aliphatic carboxylic acids is 1.